The van der Waals surface area contributed by atoms with E-state index in [0.717, 1.165) is 32.1 Å². The van der Waals surface area contributed by atoms with Crippen LogP contribution in [-0.2, 0) is 0 Å². The van der Waals surface area contributed by atoms with Gasteiger partial charge in [-0.1, -0.05) is 19.3 Å². The van der Waals surface area contributed by atoms with E-state index in [-0.39, 0.29) is 52.3 Å². The summed E-state index contributed by atoms with van der Waals surface area (Å²) in [6.07, 6.45) is 5.13. The van der Waals surface area contributed by atoms with Gasteiger partial charge < -0.3 is 24.8 Å². The highest BCUT2D eigenvalue weighted by Crippen LogP contribution is 2.31. The number of hydrogen-bond donors (Lipinski definition) is 2. The highest BCUT2D eigenvalue weighted by atomic mass is 19.1. The van der Waals surface area contributed by atoms with E-state index in [4.69, 9.17) is 14.2 Å². The second-order valence-corrected chi connectivity index (χ2v) is 9.43. The number of nitrogens with one attached hydrogen (secondary N) is 2. The first kappa shape index (κ1) is 28.5. The number of ketones is 1. The van der Waals surface area contributed by atoms with Gasteiger partial charge in [0.1, 0.15) is 23.0 Å². The SMILES string of the molecule is COc1ccc(C(=O)NCC(=O)c2ccc(OC)c(-c3cc(C(=O)NC4CCCCC4)ccc3F)n2)cc1OC. The van der Waals surface area contributed by atoms with Crippen molar-refractivity contribution in [1.82, 2.24) is 15.6 Å². The van der Waals surface area contributed by atoms with Gasteiger partial charge in [-0.05, 0) is 61.4 Å². The number of halogens is 1. The van der Waals surface area contributed by atoms with Gasteiger partial charge in [-0.25, -0.2) is 9.37 Å². The lowest BCUT2D eigenvalue weighted by Gasteiger charge is -2.22. The van der Waals surface area contributed by atoms with E-state index in [9.17, 15) is 18.8 Å². The number of carbonyl (C=O) groups is 3. The summed E-state index contributed by atoms with van der Waals surface area (Å²) in [5.74, 6) is -0.833. The molecule has 0 bridgehead atoms. The molecule has 2 aromatic carbocycles. The second kappa shape index (κ2) is 13.1. The summed E-state index contributed by atoms with van der Waals surface area (Å²) in [5, 5.41) is 5.59. The summed E-state index contributed by atoms with van der Waals surface area (Å²) in [6.45, 7) is -0.349. The fraction of sp³-hybridized carbons (Fsp3) is 0.333. The predicted octanol–water partition coefficient (Wildman–Crippen LogP) is 4.59. The molecule has 1 aromatic heterocycles. The first-order valence-electron chi connectivity index (χ1n) is 13.0. The van der Waals surface area contributed by atoms with Crippen molar-refractivity contribution in [2.24, 2.45) is 0 Å². The first-order valence-corrected chi connectivity index (χ1v) is 13.0. The molecule has 40 heavy (non-hydrogen) atoms. The van der Waals surface area contributed by atoms with Gasteiger partial charge in [-0.2, -0.15) is 0 Å². The molecule has 2 amide bonds. The molecule has 1 heterocycles. The molecule has 0 spiro atoms. The molecule has 3 aromatic rings. The van der Waals surface area contributed by atoms with Gasteiger partial charge in [0, 0.05) is 22.7 Å². The van der Waals surface area contributed by atoms with Crippen LogP contribution in [0, 0.1) is 5.82 Å². The van der Waals surface area contributed by atoms with Crippen LogP contribution in [-0.4, -0.2) is 56.5 Å². The average molecular weight is 550 g/mol. The largest absolute Gasteiger partial charge is 0.494 e. The smallest absolute Gasteiger partial charge is 0.251 e. The van der Waals surface area contributed by atoms with Crippen molar-refractivity contribution in [1.29, 1.82) is 0 Å². The zero-order valence-corrected chi connectivity index (χ0v) is 22.7. The lowest BCUT2D eigenvalue weighted by molar-refractivity contribution is 0.0902. The van der Waals surface area contributed by atoms with Crippen LogP contribution in [0.1, 0.15) is 63.3 Å². The standard InChI is InChI=1S/C30H32FN3O6/c1-38-25-13-10-19(16-27(25)40-3)29(36)32-17-24(35)23-12-14-26(39-2)28(34-23)21-15-18(9-11-22(21)31)30(37)33-20-7-5-4-6-8-20/h9-16,20H,4-8,17H2,1-3H3,(H,32,36)(H,33,37). The lowest BCUT2D eigenvalue weighted by Crippen LogP contribution is -2.36. The number of nitrogens with zero attached hydrogens (tertiary/aromatic N) is 1. The fourth-order valence-corrected chi connectivity index (χ4v) is 4.65. The number of carbonyl (C=O) groups excluding carboxylic acids is 3. The highest BCUT2D eigenvalue weighted by molar-refractivity contribution is 6.02. The third-order valence-corrected chi connectivity index (χ3v) is 6.84. The summed E-state index contributed by atoms with van der Waals surface area (Å²) in [7, 11) is 4.35. The van der Waals surface area contributed by atoms with Crippen LogP contribution in [0.3, 0.4) is 0 Å². The van der Waals surface area contributed by atoms with E-state index in [1.54, 1.807) is 12.1 Å². The minimum Gasteiger partial charge on any atom is -0.494 e. The first-order chi connectivity index (χ1) is 19.3. The molecule has 9 nitrogen and oxygen atoms in total. The molecule has 210 valence electrons. The Labute approximate surface area is 232 Å². The number of rotatable bonds is 10. The number of hydrogen-bond acceptors (Lipinski definition) is 7. The van der Waals surface area contributed by atoms with Gasteiger partial charge in [-0.15, -0.1) is 0 Å². The van der Waals surface area contributed by atoms with E-state index < -0.39 is 17.5 Å². The number of methoxy groups -OCH3 is 3. The minimum absolute atomic E-state index is 0.000119. The van der Waals surface area contributed by atoms with E-state index in [1.807, 2.05) is 0 Å². The summed E-state index contributed by atoms with van der Waals surface area (Å²) >= 11 is 0. The van der Waals surface area contributed by atoms with Crippen LogP contribution in [0.5, 0.6) is 17.2 Å². The van der Waals surface area contributed by atoms with Crippen molar-refractivity contribution in [3.63, 3.8) is 0 Å². The quantitative estimate of drug-likeness (QED) is 0.356. The molecule has 1 fully saturated rings. The second-order valence-electron chi connectivity index (χ2n) is 9.43. The van der Waals surface area contributed by atoms with Crippen LogP contribution in [0.15, 0.2) is 48.5 Å². The molecule has 0 atom stereocenters. The molecule has 0 saturated heterocycles. The van der Waals surface area contributed by atoms with E-state index in [1.165, 1.54) is 57.7 Å². The normalized spacial score (nSPS) is 13.3. The number of aromatic nitrogens is 1. The molecule has 1 aliphatic rings. The van der Waals surface area contributed by atoms with E-state index in [0.29, 0.717) is 11.5 Å². The predicted molar refractivity (Wildman–Crippen MR) is 147 cm³/mol. The Kier molecular flexibility index (Phi) is 9.31. The Bertz CT molecular complexity index is 1400. The van der Waals surface area contributed by atoms with Gasteiger partial charge in [0.05, 0.1) is 27.9 Å². The molecule has 1 saturated carbocycles. The van der Waals surface area contributed by atoms with Crippen LogP contribution in [0.4, 0.5) is 4.39 Å². The number of pyridine rings is 1. The number of ether oxygens (including phenoxy) is 3. The summed E-state index contributed by atoms with van der Waals surface area (Å²) in [5.41, 5.74) is 0.658. The van der Waals surface area contributed by atoms with Gasteiger partial charge in [0.2, 0.25) is 0 Å². The highest BCUT2D eigenvalue weighted by Gasteiger charge is 2.21. The van der Waals surface area contributed by atoms with Crippen molar-refractivity contribution in [3.05, 3.63) is 71.2 Å². The average Bonchev–Trinajstić information content (AvgIpc) is 2.99. The molecule has 4 rings (SSSR count). The van der Waals surface area contributed by atoms with E-state index >= 15 is 0 Å². The minimum atomic E-state index is -0.619. The van der Waals surface area contributed by atoms with Crippen LogP contribution < -0.4 is 24.8 Å². The van der Waals surface area contributed by atoms with Crippen LogP contribution in [0.2, 0.25) is 0 Å². The zero-order valence-electron chi connectivity index (χ0n) is 22.7. The zero-order chi connectivity index (χ0) is 28.6. The van der Waals surface area contributed by atoms with Crippen molar-refractivity contribution in [2.75, 3.05) is 27.9 Å². The summed E-state index contributed by atoms with van der Waals surface area (Å²) in [6, 6.07) is 11.7. The van der Waals surface area contributed by atoms with Crippen molar-refractivity contribution in [3.8, 4) is 28.5 Å². The maximum Gasteiger partial charge on any atom is 0.251 e. The van der Waals surface area contributed by atoms with Crippen LogP contribution >= 0.6 is 0 Å². The number of amides is 2. The molecule has 10 heteroatoms. The molecule has 1 aliphatic carbocycles. The van der Waals surface area contributed by atoms with Crippen molar-refractivity contribution in [2.45, 2.75) is 38.1 Å². The molecular formula is C30H32FN3O6. The van der Waals surface area contributed by atoms with Gasteiger partial charge in [-0.3, -0.25) is 14.4 Å². The molecular weight excluding hydrogens is 517 g/mol. The Hall–Kier alpha value is -4.47. The third kappa shape index (κ3) is 6.56. The van der Waals surface area contributed by atoms with E-state index in [2.05, 4.69) is 15.6 Å². The third-order valence-electron chi connectivity index (χ3n) is 6.84. The summed E-state index contributed by atoms with van der Waals surface area (Å²) < 4.78 is 30.8. The van der Waals surface area contributed by atoms with Crippen molar-refractivity contribution < 1.29 is 33.0 Å². The number of Topliss-reactive ketones (excluding diaryl/α,β-unsaturated/α-hetero) is 1. The Morgan fingerprint density at radius 3 is 2.17 bits per heavy atom. The molecule has 0 aliphatic heterocycles. The Balaban J connectivity index is 1.52. The fourth-order valence-electron chi connectivity index (χ4n) is 4.65. The van der Waals surface area contributed by atoms with Crippen molar-refractivity contribution >= 4 is 17.6 Å². The van der Waals surface area contributed by atoms with Gasteiger partial charge in [0.25, 0.3) is 11.8 Å². The summed E-state index contributed by atoms with van der Waals surface area (Å²) in [4.78, 5) is 42.8. The maximum atomic E-state index is 15.0. The maximum absolute atomic E-state index is 15.0. The Morgan fingerprint density at radius 1 is 0.825 bits per heavy atom. The molecule has 0 radical (unpaired) electrons. The number of benzene rings is 2. The molecule has 0 unspecified atom stereocenters. The lowest BCUT2D eigenvalue weighted by atomic mass is 9.95. The van der Waals surface area contributed by atoms with Gasteiger partial charge in [0.15, 0.2) is 17.3 Å². The Morgan fingerprint density at radius 2 is 1.48 bits per heavy atom. The monoisotopic (exact) mass is 549 g/mol. The van der Waals surface area contributed by atoms with Gasteiger partial charge >= 0.3 is 0 Å². The topological polar surface area (TPSA) is 116 Å². The molecule has 2 N–H and O–H groups in total. The van der Waals surface area contributed by atoms with Crippen LogP contribution in [0.25, 0.3) is 11.3 Å².